The van der Waals surface area contributed by atoms with E-state index in [0.29, 0.717) is 33.8 Å². The van der Waals surface area contributed by atoms with Gasteiger partial charge in [0.05, 0.1) is 23.2 Å². The van der Waals surface area contributed by atoms with Gasteiger partial charge >= 0.3 is 0 Å². The third kappa shape index (κ3) is 7.26. The quantitative estimate of drug-likeness (QED) is 0.167. The maximum Gasteiger partial charge on any atom is 0.231 e. The first-order valence-electron chi connectivity index (χ1n) is 16.7. The number of nitriles is 2. The van der Waals surface area contributed by atoms with Gasteiger partial charge in [0.2, 0.25) is 11.8 Å². The van der Waals surface area contributed by atoms with Crippen molar-refractivity contribution in [3.8, 4) is 34.7 Å². The Hall–Kier alpha value is -7.20. The van der Waals surface area contributed by atoms with Crippen molar-refractivity contribution in [1.82, 2.24) is 29.9 Å². The van der Waals surface area contributed by atoms with Crippen LogP contribution in [-0.4, -0.2) is 54.1 Å². The molecule has 0 bridgehead atoms. The van der Waals surface area contributed by atoms with E-state index >= 15 is 0 Å². The molecule has 54 heavy (non-hydrogen) atoms. The number of amides is 2. The Kier molecular flexibility index (Phi) is 9.18. The van der Waals surface area contributed by atoms with Crippen LogP contribution in [0.5, 0.6) is 0 Å². The van der Waals surface area contributed by atoms with Gasteiger partial charge in [-0.3, -0.25) is 9.59 Å². The monoisotopic (exact) mass is 724 g/mol. The second-order valence-electron chi connectivity index (χ2n) is 13.1. The van der Waals surface area contributed by atoms with Gasteiger partial charge in [0, 0.05) is 46.7 Å². The van der Waals surface area contributed by atoms with Crippen molar-refractivity contribution in [2.75, 3.05) is 22.1 Å². The van der Waals surface area contributed by atoms with Crippen molar-refractivity contribution in [3.63, 3.8) is 0 Å². The lowest BCUT2D eigenvalue weighted by Gasteiger charge is -2.10. The number of fused-ring (bicyclic) bond motifs is 2. The Morgan fingerprint density at radius 2 is 1.06 bits per heavy atom. The lowest BCUT2D eigenvalue weighted by atomic mass is 10.0. The third-order valence-electron chi connectivity index (χ3n) is 9.08. The zero-order chi connectivity index (χ0) is 38.3. The summed E-state index contributed by atoms with van der Waals surface area (Å²) in [7, 11) is 0. The van der Waals surface area contributed by atoms with Crippen LogP contribution in [0.3, 0.4) is 0 Å². The summed E-state index contributed by atoms with van der Waals surface area (Å²) in [6.07, 6.45) is 4.63. The average molecular weight is 725 g/mol. The Bertz CT molecular complexity index is 2420. The Morgan fingerprint density at radius 1 is 0.667 bits per heavy atom. The van der Waals surface area contributed by atoms with E-state index in [9.17, 15) is 18.4 Å². The molecule has 0 aliphatic heterocycles. The van der Waals surface area contributed by atoms with E-state index in [1.807, 2.05) is 38.1 Å². The number of pyridine rings is 6. The zero-order valence-electron chi connectivity index (χ0n) is 28.8. The molecule has 2 amide bonds. The molecule has 2 aliphatic rings. The van der Waals surface area contributed by atoms with E-state index < -0.39 is 24.2 Å². The van der Waals surface area contributed by atoms with Crippen LogP contribution in [0.25, 0.3) is 44.1 Å². The highest BCUT2D eigenvalue weighted by atomic mass is 19.1. The summed E-state index contributed by atoms with van der Waals surface area (Å²) in [6.45, 7) is 3.74. The van der Waals surface area contributed by atoms with Crippen LogP contribution in [0.15, 0.2) is 61.2 Å². The number of aryl methyl sites for hydroxylation is 2. The van der Waals surface area contributed by atoms with Gasteiger partial charge in [-0.05, 0) is 85.0 Å². The topological polar surface area (TPSA) is 235 Å². The highest BCUT2D eigenvalue weighted by molar-refractivity contribution is 6.00. The van der Waals surface area contributed by atoms with E-state index in [2.05, 4.69) is 40.5 Å². The van der Waals surface area contributed by atoms with Gasteiger partial charge < -0.3 is 22.1 Å². The maximum absolute atomic E-state index is 13.0. The Balaban J connectivity index is 0.000000167. The lowest BCUT2D eigenvalue weighted by Crippen LogP contribution is -2.15. The van der Waals surface area contributed by atoms with E-state index in [1.54, 1.807) is 36.7 Å². The number of alkyl halides is 2. The van der Waals surface area contributed by atoms with Crippen LogP contribution in [0.4, 0.5) is 32.1 Å². The van der Waals surface area contributed by atoms with E-state index in [0.717, 1.165) is 33.0 Å². The van der Waals surface area contributed by atoms with Crippen LogP contribution in [0.1, 0.15) is 35.4 Å². The molecule has 0 radical (unpaired) electrons. The molecule has 0 spiro atoms. The van der Waals surface area contributed by atoms with Gasteiger partial charge in [-0.2, -0.15) is 10.5 Å². The predicted octanol–water partition coefficient (Wildman–Crippen LogP) is 5.50. The first kappa shape index (κ1) is 35.2. The summed E-state index contributed by atoms with van der Waals surface area (Å²) in [5.74, 6) is -0.712. The van der Waals surface area contributed by atoms with Crippen LogP contribution in [0, 0.1) is 48.3 Å². The van der Waals surface area contributed by atoms with Crippen molar-refractivity contribution >= 4 is 56.6 Å². The molecule has 16 heteroatoms. The molecule has 2 unspecified atom stereocenters. The number of carbonyl (C=O) groups excluding carboxylic acids is 2. The number of nitrogen functional groups attached to an aromatic ring is 2. The SMILES string of the molecule is Cc1cnc(C#N)cc1-c1cc2cc(NC(=O)C3CC3F)ncc2c(N)n1.Cc1cnc(C#N)cc1-c1cc2cc(NC(=O)[C@@H]3C[C@@H]3F)ncc2c(N)n1. The number of nitrogens with two attached hydrogens (primary N) is 2. The van der Waals surface area contributed by atoms with Crippen molar-refractivity contribution in [3.05, 3.63) is 83.7 Å². The fraction of sp³-hybridized carbons (Fsp3) is 0.211. The average Bonchev–Trinajstić information content (AvgIpc) is 4.08. The summed E-state index contributed by atoms with van der Waals surface area (Å²) in [5.41, 5.74) is 17.1. The van der Waals surface area contributed by atoms with Crippen molar-refractivity contribution < 1.29 is 18.4 Å². The summed E-state index contributed by atoms with van der Waals surface area (Å²) in [5, 5.41) is 26.2. The minimum atomic E-state index is -1.07. The van der Waals surface area contributed by atoms with Crippen molar-refractivity contribution in [2.24, 2.45) is 11.8 Å². The number of nitrogens with zero attached hydrogens (tertiary/aromatic N) is 8. The molecule has 8 rings (SSSR count). The molecule has 6 aromatic heterocycles. The zero-order valence-corrected chi connectivity index (χ0v) is 28.8. The summed E-state index contributed by atoms with van der Waals surface area (Å²) < 4.78 is 26.1. The second kappa shape index (κ2) is 14.1. The number of nitrogens with one attached hydrogen (secondary N) is 2. The van der Waals surface area contributed by atoms with Crippen LogP contribution < -0.4 is 22.1 Å². The number of carbonyl (C=O) groups is 2. The van der Waals surface area contributed by atoms with E-state index in [-0.39, 0.29) is 47.7 Å². The molecule has 2 fully saturated rings. The molecule has 4 atom stereocenters. The molecule has 0 saturated heterocycles. The number of anilines is 4. The third-order valence-corrected chi connectivity index (χ3v) is 9.08. The fourth-order valence-electron chi connectivity index (χ4n) is 5.79. The number of hydrogen-bond donors (Lipinski definition) is 4. The molecule has 14 nitrogen and oxygen atoms in total. The molecule has 6 heterocycles. The molecular formula is C38H30F2N12O2. The number of rotatable bonds is 6. The number of hydrogen-bond acceptors (Lipinski definition) is 12. The van der Waals surface area contributed by atoms with Gasteiger partial charge in [0.25, 0.3) is 0 Å². The number of aromatic nitrogens is 6. The molecule has 2 aliphatic carbocycles. The van der Waals surface area contributed by atoms with Gasteiger partial charge in [0.1, 0.15) is 59.1 Å². The Labute approximate surface area is 306 Å². The summed E-state index contributed by atoms with van der Waals surface area (Å²) >= 11 is 0. The van der Waals surface area contributed by atoms with Crippen LogP contribution in [-0.2, 0) is 9.59 Å². The van der Waals surface area contributed by atoms with Crippen LogP contribution >= 0.6 is 0 Å². The standard InChI is InChI=1S/2C19H15FN6O/c2*1-9-7-23-11(6-21)4-12(9)16-2-10-3-17(24-8-14(10)18(22)25-16)26-19(27)13-5-15(13)20/h2*2-4,7-8,13,15H,5H2,1H3,(H2,22,25)(H,24,26,27)/t13-,15+;/m1./s1. The Morgan fingerprint density at radius 3 is 1.41 bits per heavy atom. The first-order valence-corrected chi connectivity index (χ1v) is 16.7. The normalized spacial score (nSPS) is 18.1. The van der Waals surface area contributed by atoms with Gasteiger partial charge in [-0.1, -0.05) is 0 Å². The smallest absolute Gasteiger partial charge is 0.231 e. The van der Waals surface area contributed by atoms with Gasteiger partial charge in [0.15, 0.2) is 0 Å². The highest BCUT2D eigenvalue weighted by Gasteiger charge is 2.44. The first-order chi connectivity index (χ1) is 25.9. The predicted molar refractivity (Wildman–Crippen MR) is 197 cm³/mol. The van der Waals surface area contributed by atoms with Gasteiger partial charge in [-0.25, -0.2) is 38.7 Å². The minimum absolute atomic E-state index is 0.253. The fourth-order valence-corrected chi connectivity index (χ4v) is 5.79. The molecule has 6 N–H and O–H groups in total. The van der Waals surface area contributed by atoms with Crippen molar-refractivity contribution in [2.45, 2.75) is 39.0 Å². The highest BCUT2D eigenvalue weighted by Crippen LogP contribution is 2.36. The molecular weight excluding hydrogens is 694 g/mol. The van der Waals surface area contributed by atoms with Crippen LogP contribution in [0.2, 0.25) is 0 Å². The second-order valence-corrected chi connectivity index (χ2v) is 13.1. The molecule has 2 saturated carbocycles. The van der Waals surface area contributed by atoms with Crippen molar-refractivity contribution in [1.29, 1.82) is 10.5 Å². The summed E-state index contributed by atoms with van der Waals surface area (Å²) in [4.78, 5) is 49.1. The largest absolute Gasteiger partial charge is 0.383 e. The summed E-state index contributed by atoms with van der Waals surface area (Å²) in [6, 6.07) is 14.3. The van der Waals surface area contributed by atoms with E-state index in [4.69, 9.17) is 22.0 Å². The maximum atomic E-state index is 13.0. The van der Waals surface area contributed by atoms with Gasteiger partial charge in [-0.15, -0.1) is 0 Å². The lowest BCUT2D eigenvalue weighted by molar-refractivity contribution is -0.118. The molecule has 0 aromatic carbocycles. The number of halogens is 2. The molecule has 268 valence electrons. The molecule has 6 aromatic rings. The van der Waals surface area contributed by atoms with E-state index in [1.165, 1.54) is 12.4 Å². The minimum Gasteiger partial charge on any atom is -0.383 e.